The van der Waals surface area contributed by atoms with Crippen molar-refractivity contribution in [3.63, 3.8) is 0 Å². The highest BCUT2D eigenvalue weighted by atomic mass is 32.2. The van der Waals surface area contributed by atoms with Gasteiger partial charge in [-0.15, -0.1) is 0 Å². The van der Waals surface area contributed by atoms with E-state index in [0.29, 0.717) is 19.4 Å². The molecule has 1 aliphatic rings. The van der Waals surface area contributed by atoms with Crippen LogP contribution in [-0.4, -0.2) is 94.9 Å². The summed E-state index contributed by atoms with van der Waals surface area (Å²) >= 11 is 0. The quantitative estimate of drug-likeness (QED) is 0.446. The van der Waals surface area contributed by atoms with Crippen molar-refractivity contribution in [1.29, 1.82) is 0 Å². The molecule has 0 saturated carbocycles. The Kier molecular flexibility index (Phi) is 11.9. The number of aliphatic hydroxyl groups excluding tert-OH is 1. The van der Waals surface area contributed by atoms with Crippen LogP contribution >= 0.6 is 0 Å². The van der Waals surface area contributed by atoms with Gasteiger partial charge in [-0.25, -0.2) is 21.2 Å². The number of amides is 1. The Balaban J connectivity index is 1.98. The molecule has 0 bridgehead atoms. The number of sulfonamides is 2. The fraction of sp³-hybridized carbons (Fsp3) is 0.552. The summed E-state index contributed by atoms with van der Waals surface area (Å²) in [5, 5.41) is 10.1. The molecule has 0 fully saturated rings. The van der Waals surface area contributed by atoms with E-state index in [2.05, 4.69) is 4.72 Å². The van der Waals surface area contributed by atoms with Gasteiger partial charge in [-0.1, -0.05) is 6.92 Å². The van der Waals surface area contributed by atoms with Crippen molar-refractivity contribution in [2.24, 2.45) is 5.92 Å². The molecule has 1 aliphatic heterocycles. The Morgan fingerprint density at radius 1 is 1.12 bits per heavy atom. The Bertz CT molecular complexity index is 1450. The van der Waals surface area contributed by atoms with Crippen molar-refractivity contribution in [1.82, 2.24) is 9.21 Å². The van der Waals surface area contributed by atoms with Crippen LogP contribution in [0, 0.1) is 11.7 Å². The van der Waals surface area contributed by atoms with Crippen LogP contribution < -0.4 is 9.46 Å². The maximum atomic E-state index is 14.1. The topological polar surface area (TPSA) is 143 Å². The third-order valence-electron chi connectivity index (χ3n) is 7.31. The van der Waals surface area contributed by atoms with Crippen LogP contribution in [0.25, 0.3) is 0 Å². The van der Waals surface area contributed by atoms with Gasteiger partial charge in [0.05, 0.1) is 41.6 Å². The summed E-state index contributed by atoms with van der Waals surface area (Å²) in [6, 6.07) is 8.42. The molecule has 3 rings (SSSR count). The van der Waals surface area contributed by atoms with Gasteiger partial charge in [-0.3, -0.25) is 9.52 Å². The molecule has 4 atom stereocenters. The summed E-state index contributed by atoms with van der Waals surface area (Å²) in [4.78, 5) is 15.5. The number of anilines is 1. The highest BCUT2D eigenvalue weighted by molar-refractivity contribution is 7.92. The third kappa shape index (κ3) is 9.60. The SMILES string of the molecule is C[C@@H]1CCCCO[C@@H](CN(C)S(=O)(=O)c2ccc(F)cc2)[C@@H](C)CN([C@@H](C)CO)C(=O)c2cc(NS(C)(=O)=O)ccc2O1. The molecule has 1 amide bonds. The van der Waals surface area contributed by atoms with Gasteiger partial charge in [-0.2, -0.15) is 4.31 Å². The molecular weight excluding hydrogens is 601 g/mol. The van der Waals surface area contributed by atoms with Crippen LogP contribution in [0.2, 0.25) is 0 Å². The first kappa shape index (κ1) is 34.7. The molecule has 0 saturated heterocycles. The third-order valence-corrected chi connectivity index (χ3v) is 9.76. The standard InChI is InChI=1S/C29H42FN3O8S2/c1-20-17-33(21(2)19-34)29(35)26-16-24(31-42(5,36)37)11-14-27(26)41-22(3)8-6-7-15-40-28(20)18-32(4)43(38,39)25-12-9-23(30)10-13-25/h9-14,16,20-22,28,31,34H,6-8,15,17-19H2,1-5H3/t20-,21-,22+,28-/m0/s1. The Hall–Kier alpha value is -2.78. The fourth-order valence-corrected chi connectivity index (χ4v) is 6.54. The molecule has 43 heavy (non-hydrogen) atoms. The molecule has 2 N–H and O–H groups in total. The van der Waals surface area contributed by atoms with E-state index in [4.69, 9.17) is 9.47 Å². The molecule has 0 unspecified atom stereocenters. The second kappa shape index (κ2) is 14.8. The van der Waals surface area contributed by atoms with Crippen molar-refractivity contribution >= 4 is 31.6 Å². The second-order valence-electron chi connectivity index (χ2n) is 11.1. The van der Waals surface area contributed by atoms with E-state index < -0.39 is 49.8 Å². The molecule has 14 heteroatoms. The van der Waals surface area contributed by atoms with Gasteiger partial charge in [-0.05, 0) is 75.6 Å². The number of benzene rings is 2. The van der Waals surface area contributed by atoms with E-state index in [9.17, 15) is 31.1 Å². The summed E-state index contributed by atoms with van der Waals surface area (Å²) in [6.45, 7) is 5.45. The summed E-state index contributed by atoms with van der Waals surface area (Å²) < 4.78 is 79.6. The number of hydrogen-bond acceptors (Lipinski definition) is 8. The first-order chi connectivity index (χ1) is 20.1. The van der Waals surface area contributed by atoms with Crippen LogP contribution in [0.3, 0.4) is 0 Å². The van der Waals surface area contributed by atoms with Crippen molar-refractivity contribution in [3.8, 4) is 5.75 Å². The van der Waals surface area contributed by atoms with Crippen molar-refractivity contribution in [3.05, 3.63) is 53.8 Å². The van der Waals surface area contributed by atoms with Gasteiger partial charge in [0.1, 0.15) is 11.6 Å². The molecule has 2 aromatic carbocycles. The number of rotatable bonds is 8. The van der Waals surface area contributed by atoms with Gasteiger partial charge >= 0.3 is 0 Å². The zero-order valence-corrected chi connectivity index (χ0v) is 26.8. The maximum absolute atomic E-state index is 14.1. The lowest BCUT2D eigenvalue weighted by atomic mass is 10.0. The number of ether oxygens (including phenoxy) is 2. The molecule has 11 nitrogen and oxygen atoms in total. The molecule has 0 aliphatic carbocycles. The van der Waals surface area contributed by atoms with E-state index in [1.165, 1.54) is 36.2 Å². The first-order valence-corrected chi connectivity index (χ1v) is 17.5. The highest BCUT2D eigenvalue weighted by Crippen LogP contribution is 2.29. The van der Waals surface area contributed by atoms with E-state index in [-0.39, 0.29) is 47.7 Å². The Morgan fingerprint density at radius 2 is 1.79 bits per heavy atom. The smallest absolute Gasteiger partial charge is 0.258 e. The number of halogens is 1. The monoisotopic (exact) mass is 643 g/mol. The van der Waals surface area contributed by atoms with Crippen LogP contribution in [-0.2, 0) is 24.8 Å². The Labute approximate surface area is 254 Å². The van der Waals surface area contributed by atoms with Gasteiger partial charge in [0.2, 0.25) is 20.0 Å². The molecule has 1 heterocycles. The van der Waals surface area contributed by atoms with Gasteiger partial charge in [0, 0.05) is 38.3 Å². The number of carbonyl (C=O) groups excluding carboxylic acids is 1. The van der Waals surface area contributed by atoms with E-state index >= 15 is 0 Å². The number of nitrogens with one attached hydrogen (secondary N) is 1. The van der Waals surface area contributed by atoms with Crippen molar-refractivity contribution < 1.29 is 40.6 Å². The van der Waals surface area contributed by atoms with Crippen molar-refractivity contribution in [2.45, 2.75) is 63.2 Å². The van der Waals surface area contributed by atoms with Crippen molar-refractivity contribution in [2.75, 3.05) is 44.3 Å². The average molecular weight is 644 g/mol. The zero-order chi connectivity index (χ0) is 31.9. The summed E-state index contributed by atoms with van der Waals surface area (Å²) in [7, 11) is -6.16. The summed E-state index contributed by atoms with van der Waals surface area (Å²) in [6.07, 6.45) is 2.19. The van der Waals surface area contributed by atoms with E-state index in [1.54, 1.807) is 13.0 Å². The molecule has 2 aromatic rings. The largest absolute Gasteiger partial charge is 0.490 e. The minimum atomic E-state index is -3.96. The van der Waals surface area contributed by atoms with E-state index in [1.807, 2.05) is 13.8 Å². The van der Waals surface area contributed by atoms with Gasteiger partial charge < -0.3 is 19.5 Å². The number of fused-ring (bicyclic) bond motifs is 1. The average Bonchev–Trinajstić information content (AvgIpc) is 2.93. The lowest BCUT2D eigenvalue weighted by Crippen LogP contribution is -2.48. The summed E-state index contributed by atoms with van der Waals surface area (Å²) in [5.41, 5.74) is 0.309. The first-order valence-electron chi connectivity index (χ1n) is 14.2. The molecule has 0 spiro atoms. The second-order valence-corrected chi connectivity index (χ2v) is 14.9. The van der Waals surface area contributed by atoms with Gasteiger partial charge in [0.25, 0.3) is 5.91 Å². The number of carbonyl (C=O) groups is 1. The normalized spacial score (nSPS) is 21.9. The molecule has 0 aromatic heterocycles. The number of hydrogen-bond donors (Lipinski definition) is 2. The van der Waals surface area contributed by atoms with Crippen LogP contribution in [0.15, 0.2) is 47.4 Å². The minimum Gasteiger partial charge on any atom is -0.490 e. The minimum absolute atomic E-state index is 0.0328. The zero-order valence-electron chi connectivity index (χ0n) is 25.2. The number of nitrogens with zero attached hydrogens (tertiary/aromatic N) is 2. The van der Waals surface area contributed by atoms with Crippen LogP contribution in [0.4, 0.5) is 10.1 Å². The maximum Gasteiger partial charge on any atom is 0.258 e. The summed E-state index contributed by atoms with van der Waals surface area (Å²) in [5.74, 6) is -1.15. The fourth-order valence-electron chi connectivity index (χ4n) is 4.80. The van der Waals surface area contributed by atoms with Crippen LogP contribution in [0.5, 0.6) is 5.75 Å². The predicted molar refractivity (Wildman–Crippen MR) is 162 cm³/mol. The Morgan fingerprint density at radius 3 is 2.42 bits per heavy atom. The lowest BCUT2D eigenvalue weighted by Gasteiger charge is -2.35. The molecule has 240 valence electrons. The highest BCUT2D eigenvalue weighted by Gasteiger charge is 2.32. The lowest BCUT2D eigenvalue weighted by molar-refractivity contribution is -0.00833. The van der Waals surface area contributed by atoms with E-state index in [0.717, 1.165) is 29.1 Å². The number of likely N-dealkylation sites (N-methyl/N-ethyl adjacent to an activating group) is 1. The molecule has 0 radical (unpaired) electrons. The molecular formula is C29H42FN3O8S2. The van der Waals surface area contributed by atoms with Gasteiger partial charge in [0.15, 0.2) is 0 Å². The number of aliphatic hydroxyl groups is 1. The van der Waals surface area contributed by atoms with Crippen LogP contribution in [0.1, 0.15) is 50.4 Å². The predicted octanol–water partition coefficient (Wildman–Crippen LogP) is 3.31.